The summed E-state index contributed by atoms with van der Waals surface area (Å²) in [4.78, 5) is 0. The molecule has 0 radical (unpaired) electrons. The Morgan fingerprint density at radius 2 is 1.00 bits per heavy atom. The Morgan fingerprint density at radius 1 is 0.630 bits per heavy atom. The third-order valence-electron chi connectivity index (χ3n) is 4.91. The Bertz CT molecular complexity index is 369. The zero-order chi connectivity index (χ0) is 20.4. The molecular weight excluding hydrogens is 357 g/mol. The summed E-state index contributed by atoms with van der Waals surface area (Å²) in [5.74, 6) is 0. The second-order valence-corrected chi connectivity index (χ2v) is 11.1. The molecule has 0 aromatic rings. The van der Waals surface area contributed by atoms with Crippen molar-refractivity contribution < 1.29 is 18.1 Å². The number of unbranched alkanes of at least 4 members (excludes halogenated alkanes) is 13. The lowest BCUT2D eigenvalue weighted by Crippen LogP contribution is -2.37. The van der Waals surface area contributed by atoms with E-state index in [-0.39, 0.29) is 0 Å². The van der Waals surface area contributed by atoms with Crippen LogP contribution in [0.4, 0.5) is 0 Å². The largest absolute Gasteiger partial charge is 0.329 e. The minimum Gasteiger partial charge on any atom is -0.329 e. The fourth-order valence-corrected chi connectivity index (χ4v) is 3.99. The van der Waals surface area contributed by atoms with E-state index in [2.05, 4.69) is 28.1 Å². The third kappa shape index (κ3) is 22.3. The molecule has 0 bridgehead atoms. The van der Waals surface area contributed by atoms with Gasteiger partial charge < -0.3 is 13.5 Å². The molecule has 27 heavy (non-hydrogen) atoms. The summed E-state index contributed by atoms with van der Waals surface area (Å²) in [5.41, 5.74) is 0. The Hall–Kier alpha value is 0.110. The molecule has 0 saturated heterocycles. The first-order valence-corrected chi connectivity index (χ1v) is 13.4. The molecule has 0 saturated carbocycles. The molecule has 1 unspecified atom stereocenters. The molecule has 0 aliphatic carbocycles. The number of rotatable bonds is 20. The molecule has 0 fully saturated rings. The van der Waals surface area contributed by atoms with Gasteiger partial charge in [-0.3, -0.25) is 4.57 Å². The molecule has 0 N–H and O–H groups in total. The Balaban J connectivity index is 3.31. The summed E-state index contributed by atoms with van der Waals surface area (Å²) < 4.78 is 23.9. The third-order valence-corrected chi connectivity index (χ3v) is 6.21. The van der Waals surface area contributed by atoms with Crippen molar-refractivity contribution in [1.29, 1.82) is 0 Å². The van der Waals surface area contributed by atoms with Crippen LogP contribution in [0.2, 0.25) is 0 Å². The van der Waals surface area contributed by atoms with Crippen molar-refractivity contribution in [3.63, 3.8) is 0 Å². The summed E-state index contributed by atoms with van der Waals surface area (Å²) in [7, 11) is 3.42. The van der Waals surface area contributed by atoms with Crippen LogP contribution in [0.15, 0.2) is 0 Å². The lowest BCUT2D eigenvalue weighted by Gasteiger charge is -2.24. The summed E-state index contributed by atoms with van der Waals surface area (Å²) >= 11 is 0. The molecule has 0 aromatic carbocycles. The average molecular weight is 407 g/mol. The number of hydrogen-bond acceptors (Lipinski definition) is 3. The fourth-order valence-electron chi connectivity index (χ4n) is 3.04. The fraction of sp³-hybridized carbons (Fsp3) is 1.00. The first-order valence-electron chi connectivity index (χ1n) is 11.4. The van der Waals surface area contributed by atoms with E-state index in [1.54, 1.807) is 6.66 Å². The standard InChI is InChI=1S/C22H49NO3P/c1-6-7-8-9-10-11-12-13-14-15-16-17-18-19-21-25-27(5,24)26-22-20-23(2,3)4/h6-22H2,1-5H3/q+1. The van der Waals surface area contributed by atoms with Gasteiger partial charge in [-0.15, -0.1) is 0 Å². The first kappa shape index (κ1) is 27.1. The highest BCUT2D eigenvalue weighted by Gasteiger charge is 2.18. The molecule has 0 aliphatic heterocycles. The molecule has 5 heteroatoms. The van der Waals surface area contributed by atoms with Crippen LogP contribution in [0.5, 0.6) is 0 Å². The number of nitrogens with zero attached hydrogens (tertiary/aromatic N) is 1. The van der Waals surface area contributed by atoms with Gasteiger partial charge in [0.25, 0.3) is 0 Å². The predicted molar refractivity (Wildman–Crippen MR) is 119 cm³/mol. The van der Waals surface area contributed by atoms with E-state index in [1.807, 2.05) is 0 Å². The van der Waals surface area contributed by atoms with Crippen LogP contribution in [-0.2, 0) is 13.6 Å². The maximum absolute atomic E-state index is 12.2. The van der Waals surface area contributed by atoms with Gasteiger partial charge in [0.1, 0.15) is 13.2 Å². The van der Waals surface area contributed by atoms with Crippen LogP contribution >= 0.6 is 7.60 Å². The number of likely N-dealkylation sites (N-methyl/N-ethyl adjacent to an activating group) is 1. The van der Waals surface area contributed by atoms with Gasteiger partial charge in [-0.2, -0.15) is 0 Å². The summed E-state index contributed by atoms with van der Waals surface area (Å²) in [6, 6.07) is 0. The van der Waals surface area contributed by atoms with E-state index in [1.165, 1.54) is 77.0 Å². The predicted octanol–water partition coefficient (Wildman–Crippen LogP) is 7.03. The van der Waals surface area contributed by atoms with Gasteiger partial charge >= 0.3 is 7.60 Å². The average Bonchev–Trinajstić information content (AvgIpc) is 2.57. The van der Waals surface area contributed by atoms with Crippen molar-refractivity contribution >= 4 is 7.60 Å². The molecule has 164 valence electrons. The van der Waals surface area contributed by atoms with Crippen LogP contribution in [0, 0.1) is 0 Å². The highest BCUT2D eigenvalue weighted by molar-refractivity contribution is 7.52. The summed E-state index contributed by atoms with van der Waals surface area (Å²) in [6.45, 7) is 5.73. The minimum absolute atomic E-state index is 0.482. The van der Waals surface area contributed by atoms with Crippen molar-refractivity contribution in [2.24, 2.45) is 0 Å². The van der Waals surface area contributed by atoms with E-state index in [4.69, 9.17) is 9.05 Å². The quantitative estimate of drug-likeness (QED) is 0.124. The van der Waals surface area contributed by atoms with Crippen LogP contribution < -0.4 is 0 Å². The van der Waals surface area contributed by atoms with Gasteiger partial charge in [-0.05, 0) is 6.42 Å². The molecule has 4 nitrogen and oxygen atoms in total. The molecular formula is C22H49NO3P+. The maximum atomic E-state index is 12.2. The Kier molecular flexibility index (Phi) is 17.1. The van der Waals surface area contributed by atoms with Crippen LogP contribution in [0.25, 0.3) is 0 Å². The van der Waals surface area contributed by atoms with Crippen molar-refractivity contribution in [2.75, 3.05) is 47.6 Å². The zero-order valence-corrected chi connectivity index (χ0v) is 20.0. The number of hydrogen-bond donors (Lipinski definition) is 0. The lowest BCUT2D eigenvalue weighted by molar-refractivity contribution is -0.870. The highest BCUT2D eigenvalue weighted by atomic mass is 31.2. The second-order valence-electron chi connectivity index (χ2n) is 9.05. The molecule has 0 aliphatic rings. The van der Waals surface area contributed by atoms with Gasteiger partial charge in [0.15, 0.2) is 0 Å². The zero-order valence-electron chi connectivity index (χ0n) is 19.1. The Labute approximate surface area is 170 Å². The van der Waals surface area contributed by atoms with Gasteiger partial charge in [0.2, 0.25) is 0 Å². The minimum atomic E-state index is -2.88. The van der Waals surface area contributed by atoms with Crippen molar-refractivity contribution in [1.82, 2.24) is 0 Å². The monoisotopic (exact) mass is 406 g/mol. The Morgan fingerprint density at radius 3 is 1.41 bits per heavy atom. The first-order chi connectivity index (χ1) is 12.8. The van der Waals surface area contributed by atoms with Crippen LogP contribution in [0.3, 0.4) is 0 Å². The van der Waals surface area contributed by atoms with E-state index >= 15 is 0 Å². The number of quaternary nitrogens is 1. The highest BCUT2D eigenvalue weighted by Crippen LogP contribution is 2.43. The van der Waals surface area contributed by atoms with Gasteiger partial charge in [-0.1, -0.05) is 90.4 Å². The summed E-state index contributed by atoms with van der Waals surface area (Å²) in [6.07, 6.45) is 18.8. The molecule has 0 rings (SSSR count). The van der Waals surface area contributed by atoms with E-state index in [9.17, 15) is 4.57 Å². The second kappa shape index (κ2) is 17.0. The van der Waals surface area contributed by atoms with Crippen molar-refractivity contribution in [3.8, 4) is 0 Å². The van der Waals surface area contributed by atoms with E-state index in [0.717, 1.165) is 23.9 Å². The van der Waals surface area contributed by atoms with Crippen molar-refractivity contribution in [2.45, 2.75) is 96.8 Å². The topological polar surface area (TPSA) is 35.5 Å². The van der Waals surface area contributed by atoms with Gasteiger partial charge in [0, 0.05) is 6.66 Å². The smallest absolute Gasteiger partial charge is 0.327 e. The molecule has 1 atom stereocenters. The van der Waals surface area contributed by atoms with Gasteiger partial charge in [0.05, 0.1) is 27.7 Å². The molecule has 0 aromatic heterocycles. The maximum Gasteiger partial charge on any atom is 0.327 e. The molecule has 0 heterocycles. The SMILES string of the molecule is CCCCCCCCCCCCCCCCOP(C)(=O)OCC[N+](C)(C)C. The normalized spacial score (nSPS) is 14.4. The lowest BCUT2D eigenvalue weighted by atomic mass is 10.0. The van der Waals surface area contributed by atoms with E-state index < -0.39 is 7.60 Å². The van der Waals surface area contributed by atoms with Crippen LogP contribution in [0.1, 0.15) is 96.8 Å². The van der Waals surface area contributed by atoms with Crippen LogP contribution in [-0.4, -0.2) is 52.0 Å². The molecule has 0 spiro atoms. The van der Waals surface area contributed by atoms with Gasteiger partial charge in [-0.25, -0.2) is 0 Å². The summed E-state index contributed by atoms with van der Waals surface area (Å²) in [5, 5.41) is 0. The molecule has 0 amide bonds. The van der Waals surface area contributed by atoms with E-state index in [0.29, 0.717) is 13.2 Å². The van der Waals surface area contributed by atoms with Crippen molar-refractivity contribution in [3.05, 3.63) is 0 Å².